The highest BCUT2D eigenvalue weighted by atomic mass is 16.5. The molecule has 2 N–H and O–H groups in total. The Bertz CT molecular complexity index is 2950. The highest BCUT2D eigenvalue weighted by Gasteiger charge is 2.36. The standard InChI is InChI=1S/2C28H35N5O2/c2*1-17-27(32(4)31-30-17)20-14-25-26(29-16-20)22-8-7-21(28(2,3)34)15-24(22)33(25)23(13-18-5-6-18)19-9-11-35-12-10-19/h2*7-8,14-16,18-19,23,34H,5-6,9-13H2,1-4H3. The highest BCUT2D eigenvalue weighted by molar-refractivity contribution is 6.08. The summed E-state index contributed by atoms with van der Waals surface area (Å²) >= 11 is 0. The van der Waals surface area contributed by atoms with Crippen LogP contribution in [-0.4, -0.2) is 85.7 Å². The third-order valence-electron chi connectivity index (χ3n) is 16.1. The molecule has 4 aliphatic rings. The highest BCUT2D eigenvalue weighted by Crippen LogP contribution is 2.48. The van der Waals surface area contributed by atoms with Crippen molar-refractivity contribution in [3.63, 3.8) is 0 Å². The van der Waals surface area contributed by atoms with Gasteiger partial charge in [0.05, 0.1) is 67.1 Å². The number of rotatable bonds is 12. The summed E-state index contributed by atoms with van der Waals surface area (Å²) in [5.74, 6) is 2.73. The van der Waals surface area contributed by atoms with Crippen molar-refractivity contribution in [3.05, 3.63) is 83.4 Å². The van der Waals surface area contributed by atoms with Crippen molar-refractivity contribution in [2.24, 2.45) is 37.8 Å². The van der Waals surface area contributed by atoms with Crippen LogP contribution in [0.2, 0.25) is 0 Å². The van der Waals surface area contributed by atoms with Crippen molar-refractivity contribution in [2.75, 3.05) is 26.4 Å². The number of pyridine rings is 2. The Morgan fingerprint density at radius 2 is 0.943 bits per heavy atom. The maximum absolute atomic E-state index is 10.8. The van der Waals surface area contributed by atoms with Crippen LogP contribution in [0.15, 0.2) is 60.9 Å². The van der Waals surface area contributed by atoms with Gasteiger partial charge in [0.25, 0.3) is 0 Å². The number of benzene rings is 2. The fourth-order valence-corrected chi connectivity index (χ4v) is 11.9. The van der Waals surface area contributed by atoms with Gasteiger partial charge in [0.15, 0.2) is 0 Å². The zero-order chi connectivity index (χ0) is 48.6. The van der Waals surface area contributed by atoms with E-state index in [1.54, 1.807) is 0 Å². The van der Waals surface area contributed by atoms with Crippen molar-refractivity contribution < 1.29 is 19.7 Å². The molecule has 8 heterocycles. The molecule has 12 rings (SSSR count). The lowest BCUT2D eigenvalue weighted by molar-refractivity contribution is 0.0474. The molecule has 2 unspecified atom stereocenters. The molecule has 0 bridgehead atoms. The summed E-state index contributed by atoms with van der Waals surface area (Å²) in [4.78, 5) is 10.0. The quantitative estimate of drug-likeness (QED) is 0.121. The average Bonchev–Trinajstić information content (AvgIpc) is 4.24. The maximum atomic E-state index is 10.8. The summed E-state index contributed by atoms with van der Waals surface area (Å²) in [6.07, 6.45) is 15.9. The first-order valence-corrected chi connectivity index (χ1v) is 25.8. The molecule has 2 aromatic carbocycles. The number of hydrogen-bond donors (Lipinski definition) is 2. The number of ether oxygens (including phenoxy) is 2. The summed E-state index contributed by atoms with van der Waals surface area (Å²) < 4.78 is 20.3. The van der Waals surface area contributed by atoms with E-state index in [9.17, 15) is 10.2 Å². The molecule has 2 saturated carbocycles. The van der Waals surface area contributed by atoms with Gasteiger partial charge in [-0.3, -0.25) is 9.97 Å². The van der Waals surface area contributed by atoms with Crippen LogP contribution < -0.4 is 0 Å². The number of hydrogen-bond acceptors (Lipinski definition) is 10. The number of fused-ring (bicyclic) bond motifs is 6. The fraction of sp³-hybridized carbons (Fsp3) is 0.536. The SMILES string of the molecule is Cc1nnn(C)c1-c1cnc2c3ccc(C(C)(C)O)cc3n(C(CC3CC3)C3CCOCC3)c2c1.Cc1nnn(C)c1-c1cnc2c3ccc(C(C)(C)O)cc3n(C(CC3CC3)C3CCOCC3)c2c1. The molecule has 2 aliphatic heterocycles. The molecule has 8 aromatic rings. The van der Waals surface area contributed by atoms with E-state index in [1.807, 2.05) is 89.5 Å². The number of aromatic nitrogens is 10. The van der Waals surface area contributed by atoms with Crippen molar-refractivity contribution >= 4 is 43.9 Å². The van der Waals surface area contributed by atoms with Crippen LogP contribution in [0.3, 0.4) is 0 Å². The minimum Gasteiger partial charge on any atom is -0.386 e. The van der Waals surface area contributed by atoms with Crippen molar-refractivity contribution in [1.29, 1.82) is 0 Å². The molecular formula is C56H70N10O4. The van der Waals surface area contributed by atoms with Gasteiger partial charge in [-0.05, 0) is 139 Å². The second-order valence-corrected chi connectivity index (χ2v) is 22.2. The molecule has 4 fully saturated rings. The molecule has 0 radical (unpaired) electrons. The van der Waals surface area contributed by atoms with Crippen LogP contribution in [0.5, 0.6) is 0 Å². The number of aliphatic hydroxyl groups is 2. The predicted octanol–water partition coefficient (Wildman–Crippen LogP) is 10.6. The summed E-state index contributed by atoms with van der Waals surface area (Å²) in [7, 11) is 3.87. The normalized spacial score (nSPS) is 18.5. The monoisotopic (exact) mass is 947 g/mol. The number of nitrogens with zero attached hydrogens (tertiary/aromatic N) is 10. The number of aryl methyl sites for hydroxylation is 4. The van der Waals surface area contributed by atoms with E-state index in [4.69, 9.17) is 19.4 Å². The second-order valence-electron chi connectivity index (χ2n) is 22.2. The molecule has 0 amide bonds. The van der Waals surface area contributed by atoms with Crippen LogP contribution in [0.4, 0.5) is 0 Å². The lowest BCUT2D eigenvalue weighted by atomic mass is 9.87. The third kappa shape index (κ3) is 8.94. The van der Waals surface area contributed by atoms with Gasteiger partial charge in [-0.15, -0.1) is 10.2 Å². The van der Waals surface area contributed by atoms with Gasteiger partial charge in [0, 0.05) is 86.9 Å². The van der Waals surface area contributed by atoms with Crippen molar-refractivity contribution in [1.82, 2.24) is 49.1 Å². The fourth-order valence-electron chi connectivity index (χ4n) is 11.9. The Kier molecular flexibility index (Phi) is 12.2. The first kappa shape index (κ1) is 46.8. The first-order chi connectivity index (χ1) is 33.6. The van der Waals surface area contributed by atoms with Crippen LogP contribution in [0.1, 0.15) is 127 Å². The van der Waals surface area contributed by atoms with Gasteiger partial charge >= 0.3 is 0 Å². The van der Waals surface area contributed by atoms with E-state index in [0.29, 0.717) is 23.9 Å². The Labute approximate surface area is 410 Å². The van der Waals surface area contributed by atoms with Gasteiger partial charge in [0.1, 0.15) is 0 Å². The smallest absolute Gasteiger partial charge is 0.0960 e. The van der Waals surface area contributed by atoms with E-state index in [0.717, 1.165) is 142 Å². The molecule has 70 heavy (non-hydrogen) atoms. The molecule has 2 saturated heterocycles. The Hall–Kier alpha value is -5.54. The average molecular weight is 947 g/mol. The molecule has 0 spiro atoms. The minimum absolute atomic E-state index is 0.381. The van der Waals surface area contributed by atoms with Crippen LogP contribution >= 0.6 is 0 Å². The van der Waals surface area contributed by atoms with E-state index < -0.39 is 11.2 Å². The van der Waals surface area contributed by atoms with E-state index >= 15 is 0 Å². The van der Waals surface area contributed by atoms with E-state index in [2.05, 4.69) is 66.2 Å². The Balaban J connectivity index is 0.000000152. The van der Waals surface area contributed by atoms with Gasteiger partial charge in [0.2, 0.25) is 0 Å². The molecular weight excluding hydrogens is 877 g/mol. The third-order valence-corrected chi connectivity index (χ3v) is 16.1. The zero-order valence-electron chi connectivity index (χ0n) is 42.3. The Morgan fingerprint density at radius 3 is 1.27 bits per heavy atom. The molecule has 2 aliphatic carbocycles. The zero-order valence-corrected chi connectivity index (χ0v) is 42.3. The first-order valence-electron chi connectivity index (χ1n) is 25.8. The maximum Gasteiger partial charge on any atom is 0.0960 e. The van der Waals surface area contributed by atoms with Gasteiger partial charge in [-0.25, -0.2) is 9.36 Å². The van der Waals surface area contributed by atoms with Crippen molar-refractivity contribution in [3.8, 4) is 22.5 Å². The van der Waals surface area contributed by atoms with Crippen LogP contribution in [0.25, 0.3) is 66.4 Å². The molecule has 368 valence electrons. The molecule has 6 aromatic heterocycles. The largest absolute Gasteiger partial charge is 0.386 e. The van der Waals surface area contributed by atoms with Gasteiger partial charge in [-0.1, -0.05) is 60.4 Å². The summed E-state index contributed by atoms with van der Waals surface area (Å²) in [6, 6.07) is 18.1. The molecule has 14 heteroatoms. The predicted molar refractivity (Wildman–Crippen MR) is 274 cm³/mol. The van der Waals surface area contributed by atoms with E-state index in [1.165, 1.54) is 49.6 Å². The Morgan fingerprint density at radius 1 is 0.557 bits per heavy atom. The lowest BCUT2D eigenvalue weighted by Gasteiger charge is -2.33. The van der Waals surface area contributed by atoms with Crippen LogP contribution in [-0.2, 0) is 34.8 Å². The van der Waals surface area contributed by atoms with Gasteiger partial charge < -0.3 is 28.8 Å². The topological polar surface area (TPSA) is 156 Å². The summed E-state index contributed by atoms with van der Waals surface area (Å²) in [5.41, 5.74) is 12.6. The van der Waals surface area contributed by atoms with Crippen LogP contribution in [0, 0.1) is 37.5 Å². The van der Waals surface area contributed by atoms with Crippen molar-refractivity contribution in [2.45, 2.75) is 129 Å². The summed E-state index contributed by atoms with van der Waals surface area (Å²) in [6.45, 7) is 14.8. The van der Waals surface area contributed by atoms with E-state index in [-0.39, 0.29) is 0 Å². The molecule has 2 atom stereocenters. The molecule has 14 nitrogen and oxygen atoms in total. The lowest BCUT2D eigenvalue weighted by Crippen LogP contribution is -2.26. The second kappa shape index (κ2) is 18.3. The summed E-state index contributed by atoms with van der Waals surface area (Å²) in [5, 5.41) is 40.9. The van der Waals surface area contributed by atoms with Gasteiger partial charge in [-0.2, -0.15) is 0 Å². The minimum atomic E-state index is -0.907.